The highest BCUT2D eigenvalue weighted by Gasteiger charge is 2.07. The van der Waals surface area contributed by atoms with Crippen LogP contribution in [-0.4, -0.2) is 21.2 Å². The summed E-state index contributed by atoms with van der Waals surface area (Å²) in [6.07, 6.45) is 1.49. The minimum Gasteiger partial charge on any atom is -0.324 e. The first-order valence-electron chi connectivity index (χ1n) is 9.19. The topological polar surface area (TPSA) is 87.1 Å². The third-order valence-electron chi connectivity index (χ3n) is 3.92. The van der Waals surface area contributed by atoms with E-state index in [-0.39, 0.29) is 11.8 Å². The van der Waals surface area contributed by atoms with Crippen LogP contribution in [-0.2, 0) is 0 Å². The van der Waals surface area contributed by atoms with Crippen LogP contribution in [0.5, 0.6) is 0 Å². The minimum absolute atomic E-state index is 0.231. The Hall–Kier alpha value is -4.33. The van der Waals surface area contributed by atoms with Gasteiger partial charge in [-0.05, 0) is 42.0 Å². The molecule has 4 aromatic rings. The van der Waals surface area contributed by atoms with E-state index in [4.69, 9.17) is 0 Å². The first-order valence-corrected chi connectivity index (χ1v) is 9.19. The SMILES string of the molecule is Fc1cccc(C=NNc2nc(Nc3ccccc3)nc(Nc3ccccc3)n2)c1. The molecule has 0 unspecified atom stereocenters. The number of anilines is 5. The standard InChI is InChI=1S/C22H18FN7/c23-17-9-7-8-16(14-17)15-24-30-22-28-20(25-18-10-3-1-4-11-18)27-21(29-22)26-19-12-5-2-6-13-19/h1-15H,(H3,25,26,27,28,29,30). The highest BCUT2D eigenvalue weighted by Crippen LogP contribution is 2.18. The summed E-state index contributed by atoms with van der Waals surface area (Å²) in [5, 5.41) is 10.4. The largest absolute Gasteiger partial charge is 0.324 e. The van der Waals surface area contributed by atoms with Crippen molar-refractivity contribution in [3.05, 3.63) is 96.3 Å². The number of hydrazone groups is 1. The summed E-state index contributed by atoms with van der Waals surface area (Å²) >= 11 is 0. The molecule has 3 aromatic carbocycles. The van der Waals surface area contributed by atoms with Gasteiger partial charge in [0.2, 0.25) is 17.8 Å². The van der Waals surface area contributed by atoms with Crippen molar-refractivity contribution in [2.75, 3.05) is 16.1 Å². The monoisotopic (exact) mass is 399 g/mol. The van der Waals surface area contributed by atoms with Crippen molar-refractivity contribution < 1.29 is 4.39 Å². The number of aromatic nitrogens is 3. The minimum atomic E-state index is -0.331. The third-order valence-corrected chi connectivity index (χ3v) is 3.92. The Morgan fingerprint density at radius 3 is 1.80 bits per heavy atom. The molecule has 4 rings (SSSR count). The van der Waals surface area contributed by atoms with E-state index in [9.17, 15) is 4.39 Å². The second-order valence-electron chi connectivity index (χ2n) is 6.21. The number of rotatable bonds is 7. The van der Waals surface area contributed by atoms with Gasteiger partial charge in [-0.15, -0.1) is 0 Å². The second kappa shape index (κ2) is 9.24. The number of halogens is 1. The lowest BCUT2D eigenvalue weighted by Gasteiger charge is -2.10. The molecule has 0 aliphatic rings. The Bertz CT molecular complexity index is 1070. The van der Waals surface area contributed by atoms with Gasteiger partial charge < -0.3 is 10.6 Å². The molecule has 0 saturated carbocycles. The van der Waals surface area contributed by atoms with E-state index in [1.165, 1.54) is 18.3 Å². The van der Waals surface area contributed by atoms with Gasteiger partial charge in [0.25, 0.3) is 0 Å². The lowest BCUT2D eigenvalue weighted by molar-refractivity contribution is 0.627. The number of nitrogens with one attached hydrogen (secondary N) is 3. The van der Waals surface area contributed by atoms with Crippen LogP contribution in [0.15, 0.2) is 90.0 Å². The summed E-state index contributed by atoms with van der Waals surface area (Å²) in [6, 6.07) is 25.2. The lowest BCUT2D eigenvalue weighted by Crippen LogP contribution is -2.07. The molecular weight excluding hydrogens is 381 g/mol. The quantitative estimate of drug-likeness (QED) is 0.301. The van der Waals surface area contributed by atoms with E-state index in [2.05, 4.69) is 36.1 Å². The number of nitrogens with zero attached hydrogens (tertiary/aromatic N) is 4. The summed E-state index contributed by atoms with van der Waals surface area (Å²) in [5.41, 5.74) is 5.06. The summed E-state index contributed by atoms with van der Waals surface area (Å²) in [5.74, 6) is 0.591. The molecular formula is C22H18FN7. The molecule has 3 N–H and O–H groups in total. The zero-order valence-electron chi connectivity index (χ0n) is 15.8. The van der Waals surface area contributed by atoms with Crippen molar-refractivity contribution in [1.29, 1.82) is 0 Å². The normalized spacial score (nSPS) is 10.7. The lowest BCUT2D eigenvalue weighted by atomic mass is 10.2. The fourth-order valence-electron chi connectivity index (χ4n) is 2.59. The van der Waals surface area contributed by atoms with Crippen LogP contribution in [0, 0.1) is 5.82 Å². The fraction of sp³-hybridized carbons (Fsp3) is 0. The maximum Gasteiger partial charge on any atom is 0.250 e. The summed E-state index contributed by atoms with van der Waals surface area (Å²) in [6.45, 7) is 0. The smallest absolute Gasteiger partial charge is 0.250 e. The molecule has 0 aliphatic carbocycles. The van der Waals surface area contributed by atoms with Crippen molar-refractivity contribution in [3.8, 4) is 0 Å². The zero-order chi connectivity index (χ0) is 20.6. The van der Waals surface area contributed by atoms with E-state index >= 15 is 0 Å². The van der Waals surface area contributed by atoms with Crippen molar-refractivity contribution in [1.82, 2.24) is 15.0 Å². The van der Waals surface area contributed by atoms with Crippen LogP contribution in [0.4, 0.5) is 33.6 Å². The summed E-state index contributed by atoms with van der Waals surface area (Å²) < 4.78 is 13.3. The van der Waals surface area contributed by atoms with Crippen LogP contribution in [0.2, 0.25) is 0 Å². The molecule has 0 fully saturated rings. The molecule has 7 nitrogen and oxygen atoms in total. The van der Waals surface area contributed by atoms with Crippen LogP contribution >= 0.6 is 0 Å². The molecule has 0 bridgehead atoms. The molecule has 1 aromatic heterocycles. The van der Waals surface area contributed by atoms with Crippen LogP contribution in [0.1, 0.15) is 5.56 Å². The molecule has 0 aliphatic heterocycles. The Labute approximate surface area is 172 Å². The van der Waals surface area contributed by atoms with Gasteiger partial charge in [-0.3, -0.25) is 0 Å². The van der Waals surface area contributed by atoms with Crippen LogP contribution in [0.3, 0.4) is 0 Å². The Balaban J connectivity index is 1.57. The predicted molar refractivity (Wildman–Crippen MR) is 117 cm³/mol. The molecule has 0 saturated heterocycles. The Morgan fingerprint density at radius 1 is 0.667 bits per heavy atom. The van der Waals surface area contributed by atoms with Crippen LogP contribution in [0.25, 0.3) is 0 Å². The third kappa shape index (κ3) is 5.35. The van der Waals surface area contributed by atoms with Gasteiger partial charge >= 0.3 is 0 Å². The Kier molecular flexibility index (Phi) is 5.86. The number of benzene rings is 3. The van der Waals surface area contributed by atoms with Gasteiger partial charge in [0, 0.05) is 11.4 Å². The van der Waals surface area contributed by atoms with E-state index in [0.29, 0.717) is 17.5 Å². The van der Waals surface area contributed by atoms with Gasteiger partial charge in [-0.2, -0.15) is 20.1 Å². The molecule has 0 spiro atoms. The van der Waals surface area contributed by atoms with E-state index in [1.54, 1.807) is 12.1 Å². The maximum atomic E-state index is 13.3. The van der Waals surface area contributed by atoms with Gasteiger partial charge in [-0.1, -0.05) is 48.5 Å². The fourth-order valence-corrected chi connectivity index (χ4v) is 2.59. The van der Waals surface area contributed by atoms with Crippen molar-refractivity contribution >= 4 is 35.4 Å². The summed E-state index contributed by atoms with van der Waals surface area (Å²) in [7, 11) is 0. The molecule has 0 atom stereocenters. The van der Waals surface area contributed by atoms with E-state index < -0.39 is 0 Å². The first kappa shape index (κ1) is 19.0. The van der Waals surface area contributed by atoms with Crippen molar-refractivity contribution in [2.24, 2.45) is 5.10 Å². The summed E-state index contributed by atoms with van der Waals surface area (Å²) in [4.78, 5) is 13.1. The highest BCUT2D eigenvalue weighted by molar-refractivity contribution is 5.80. The number of hydrogen-bond donors (Lipinski definition) is 3. The predicted octanol–water partition coefficient (Wildman–Crippen LogP) is 4.94. The Morgan fingerprint density at radius 2 is 1.23 bits per heavy atom. The zero-order valence-corrected chi connectivity index (χ0v) is 15.8. The van der Waals surface area contributed by atoms with Gasteiger partial charge in [0.1, 0.15) is 5.82 Å². The maximum absolute atomic E-state index is 13.3. The molecule has 0 radical (unpaired) electrons. The highest BCUT2D eigenvalue weighted by atomic mass is 19.1. The van der Waals surface area contributed by atoms with Gasteiger partial charge in [-0.25, -0.2) is 9.82 Å². The average Bonchev–Trinajstić information content (AvgIpc) is 2.75. The number of para-hydroxylation sites is 2. The molecule has 8 heteroatoms. The van der Waals surface area contributed by atoms with Crippen LogP contribution < -0.4 is 16.1 Å². The van der Waals surface area contributed by atoms with Crippen molar-refractivity contribution in [3.63, 3.8) is 0 Å². The van der Waals surface area contributed by atoms with Gasteiger partial charge in [0.15, 0.2) is 0 Å². The van der Waals surface area contributed by atoms with E-state index in [0.717, 1.165) is 11.4 Å². The average molecular weight is 399 g/mol. The molecule has 30 heavy (non-hydrogen) atoms. The number of hydrogen-bond acceptors (Lipinski definition) is 7. The first-order chi connectivity index (χ1) is 14.7. The second-order valence-corrected chi connectivity index (χ2v) is 6.21. The molecule has 148 valence electrons. The van der Waals surface area contributed by atoms with E-state index in [1.807, 2.05) is 60.7 Å². The molecule has 0 amide bonds. The van der Waals surface area contributed by atoms with Crippen molar-refractivity contribution in [2.45, 2.75) is 0 Å². The molecule has 1 heterocycles. The van der Waals surface area contributed by atoms with Gasteiger partial charge in [0.05, 0.1) is 6.21 Å².